The van der Waals surface area contributed by atoms with Crippen molar-refractivity contribution in [2.75, 3.05) is 13.7 Å². The van der Waals surface area contributed by atoms with E-state index in [1.807, 2.05) is 0 Å². The number of carbonyl (C=O) groups excluding carboxylic acids is 1. The highest BCUT2D eigenvalue weighted by atomic mass is 16.6. The summed E-state index contributed by atoms with van der Waals surface area (Å²) < 4.78 is 5.03. The van der Waals surface area contributed by atoms with Gasteiger partial charge in [-0.3, -0.25) is 14.9 Å². The Hall–Kier alpha value is -2.90. The summed E-state index contributed by atoms with van der Waals surface area (Å²) in [6.07, 6.45) is 3.86. The first-order chi connectivity index (χ1) is 10.1. The van der Waals surface area contributed by atoms with Gasteiger partial charge < -0.3 is 15.0 Å². The van der Waals surface area contributed by atoms with Crippen molar-refractivity contribution in [1.29, 1.82) is 0 Å². The second kappa shape index (κ2) is 6.51. The zero-order valence-electron chi connectivity index (χ0n) is 11.3. The van der Waals surface area contributed by atoms with Crippen LogP contribution in [0.25, 0.3) is 0 Å². The number of imidazole rings is 1. The van der Waals surface area contributed by atoms with Crippen LogP contribution in [-0.2, 0) is 6.42 Å². The molecular weight excluding hydrogens is 276 g/mol. The Morgan fingerprint density at radius 1 is 1.52 bits per heavy atom. The molecule has 0 radical (unpaired) electrons. The maximum absolute atomic E-state index is 12.0. The van der Waals surface area contributed by atoms with E-state index in [1.54, 1.807) is 12.5 Å². The van der Waals surface area contributed by atoms with Crippen molar-refractivity contribution in [3.8, 4) is 5.75 Å². The predicted octanol–water partition coefficient (Wildman–Crippen LogP) is 1.30. The monoisotopic (exact) mass is 290 g/mol. The average molecular weight is 290 g/mol. The third-order valence-electron chi connectivity index (χ3n) is 2.88. The van der Waals surface area contributed by atoms with Gasteiger partial charge in [-0.25, -0.2) is 4.98 Å². The minimum absolute atomic E-state index is 0.124. The summed E-state index contributed by atoms with van der Waals surface area (Å²) >= 11 is 0. The van der Waals surface area contributed by atoms with Gasteiger partial charge in [-0.2, -0.15) is 0 Å². The Labute approximate surface area is 120 Å². The SMILES string of the molecule is COc1cc([N+](=O)[O-])ccc1C(=O)NCCc1cnc[nH]1. The van der Waals surface area contributed by atoms with Crippen molar-refractivity contribution in [3.05, 3.63) is 52.1 Å². The molecule has 0 fully saturated rings. The van der Waals surface area contributed by atoms with Crippen molar-refractivity contribution in [3.63, 3.8) is 0 Å². The van der Waals surface area contributed by atoms with Gasteiger partial charge in [-0.1, -0.05) is 0 Å². The number of methoxy groups -OCH3 is 1. The number of nitrogens with zero attached hydrogens (tertiary/aromatic N) is 2. The smallest absolute Gasteiger partial charge is 0.273 e. The van der Waals surface area contributed by atoms with Crippen molar-refractivity contribution in [1.82, 2.24) is 15.3 Å². The van der Waals surface area contributed by atoms with Gasteiger partial charge in [0.2, 0.25) is 0 Å². The highest BCUT2D eigenvalue weighted by Crippen LogP contribution is 2.24. The number of benzene rings is 1. The van der Waals surface area contributed by atoms with Crippen molar-refractivity contribution >= 4 is 11.6 Å². The molecule has 0 unspecified atom stereocenters. The molecule has 0 spiro atoms. The number of ether oxygens (including phenoxy) is 1. The average Bonchev–Trinajstić information content (AvgIpc) is 2.99. The second-order valence-electron chi connectivity index (χ2n) is 4.22. The van der Waals surface area contributed by atoms with Gasteiger partial charge in [0.15, 0.2) is 0 Å². The summed E-state index contributed by atoms with van der Waals surface area (Å²) in [5, 5.41) is 13.4. The Balaban J connectivity index is 2.02. The van der Waals surface area contributed by atoms with Gasteiger partial charge in [0, 0.05) is 30.9 Å². The molecule has 1 amide bonds. The minimum Gasteiger partial charge on any atom is -0.496 e. The first-order valence-electron chi connectivity index (χ1n) is 6.19. The molecule has 0 bridgehead atoms. The molecule has 1 heterocycles. The van der Waals surface area contributed by atoms with E-state index in [9.17, 15) is 14.9 Å². The van der Waals surface area contributed by atoms with Gasteiger partial charge >= 0.3 is 0 Å². The van der Waals surface area contributed by atoms with Gasteiger partial charge in [0.25, 0.3) is 11.6 Å². The predicted molar refractivity (Wildman–Crippen MR) is 74.3 cm³/mol. The second-order valence-corrected chi connectivity index (χ2v) is 4.22. The molecule has 1 aromatic heterocycles. The van der Waals surface area contributed by atoms with E-state index in [2.05, 4.69) is 15.3 Å². The molecule has 0 aliphatic heterocycles. The lowest BCUT2D eigenvalue weighted by Crippen LogP contribution is -2.26. The fraction of sp³-hybridized carbons (Fsp3) is 0.231. The summed E-state index contributed by atoms with van der Waals surface area (Å²) in [5.41, 5.74) is 1.04. The maximum Gasteiger partial charge on any atom is 0.273 e. The van der Waals surface area contributed by atoms with Crippen molar-refractivity contribution in [2.24, 2.45) is 0 Å². The summed E-state index contributed by atoms with van der Waals surface area (Å²) in [6, 6.07) is 3.87. The molecule has 2 N–H and O–H groups in total. The number of aromatic amines is 1. The van der Waals surface area contributed by atoms with Gasteiger partial charge in [-0.15, -0.1) is 0 Å². The van der Waals surface area contributed by atoms with Gasteiger partial charge in [0.1, 0.15) is 5.75 Å². The van der Waals surface area contributed by atoms with Crippen LogP contribution < -0.4 is 10.1 Å². The summed E-state index contributed by atoms with van der Waals surface area (Å²) in [7, 11) is 1.36. The van der Waals surface area contributed by atoms with Crippen LogP contribution in [0.2, 0.25) is 0 Å². The zero-order chi connectivity index (χ0) is 15.2. The number of carbonyl (C=O) groups is 1. The highest BCUT2D eigenvalue weighted by Gasteiger charge is 2.16. The quantitative estimate of drug-likeness (QED) is 0.615. The number of hydrogen-bond donors (Lipinski definition) is 2. The number of amides is 1. The molecule has 0 atom stereocenters. The molecule has 110 valence electrons. The third kappa shape index (κ3) is 3.56. The number of nitro benzene ring substituents is 1. The van der Waals surface area contributed by atoms with E-state index in [-0.39, 0.29) is 22.9 Å². The normalized spacial score (nSPS) is 10.1. The van der Waals surface area contributed by atoms with E-state index in [0.29, 0.717) is 13.0 Å². The van der Waals surface area contributed by atoms with Crippen LogP contribution in [0.15, 0.2) is 30.7 Å². The van der Waals surface area contributed by atoms with Crippen LogP contribution in [0.1, 0.15) is 16.1 Å². The first kappa shape index (κ1) is 14.5. The standard InChI is InChI=1S/C13H14N4O4/c1-21-12-6-10(17(19)20)2-3-11(12)13(18)15-5-4-9-7-14-8-16-9/h2-3,6-8H,4-5H2,1H3,(H,14,16)(H,15,18). The molecule has 8 nitrogen and oxygen atoms in total. The number of hydrogen-bond acceptors (Lipinski definition) is 5. The third-order valence-corrected chi connectivity index (χ3v) is 2.88. The van der Waals surface area contributed by atoms with Crippen LogP contribution in [-0.4, -0.2) is 34.5 Å². The summed E-state index contributed by atoms with van der Waals surface area (Å²) in [6.45, 7) is 0.418. The molecule has 2 aromatic rings. The van der Waals surface area contributed by atoms with Crippen LogP contribution in [0.4, 0.5) is 5.69 Å². The number of non-ortho nitro benzene ring substituents is 1. The van der Waals surface area contributed by atoms with E-state index >= 15 is 0 Å². The molecule has 2 rings (SSSR count). The largest absolute Gasteiger partial charge is 0.496 e. The van der Waals surface area contributed by atoms with Crippen LogP contribution in [0.3, 0.4) is 0 Å². The number of nitrogens with one attached hydrogen (secondary N) is 2. The Bertz CT molecular complexity index is 640. The van der Waals surface area contributed by atoms with E-state index in [0.717, 1.165) is 5.69 Å². The molecule has 0 aliphatic rings. The maximum atomic E-state index is 12.0. The summed E-state index contributed by atoms with van der Waals surface area (Å²) in [5.74, 6) is -0.176. The fourth-order valence-electron chi connectivity index (χ4n) is 1.81. The van der Waals surface area contributed by atoms with Crippen LogP contribution in [0.5, 0.6) is 5.75 Å². The zero-order valence-corrected chi connectivity index (χ0v) is 11.3. The van der Waals surface area contributed by atoms with E-state index in [1.165, 1.54) is 25.3 Å². The van der Waals surface area contributed by atoms with E-state index in [4.69, 9.17) is 4.74 Å². The van der Waals surface area contributed by atoms with Crippen LogP contribution in [0, 0.1) is 10.1 Å². The molecule has 0 saturated heterocycles. The lowest BCUT2D eigenvalue weighted by Gasteiger charge is -2.08. The van der Waals surface area contributed by atoms with Gasteiger partial charge in [-0.05, 0) is 6.07 Å². The van der Waals surface area contributed by atoms with Crippen molar-refractivity contribution < 1.29 is 14.5 Å². The number of aromatic nitrogens is 2. The molecule has 0 aliphatic carbocycles. The lowest BCUT2D eigenvalue weighted by molar-refractivity contribution is -0.384. The topological polar surface area (TPSA) is 110 Å². The Kier molecular flexibility index (Phi) is 4.50. The minimum atomic E-state index is -0.539. The summed E-state index contributed by atoms with van der Waals surface area (Å²) in [4.78, 5) is 29.0. The Morgan fingerprint density at radius 3 is 2.95 bits per heavy atom. The molecule has 0 saturated carbocycles. The van der Waals surface area contributed by atoms with Gasteiger partial charge in [0.05, 0.1) is 30.0 Å². The number of H-pyrrole nitrogens is 1. The molecule has 1 aromatic carbocycles. The van der Waals surface area contributed by atoms with E-state index < -0.39 is 4.92 Å². The molecular formula is C13H14N4O4. The Morgan fingerprint density at radius 2 is 2.33 bits per heavy atom. The molecule has 8 heteroatoms. The van der Waals surface area contributed by atoms with Crippen LogP contribution >= 0.6 is 0 Å². The fourth-order valence-corrected chi connectivity index (χ4v) is 1.81. The lowest BCUT2D eigenvalue weighted by atomic mass is 10.1. The van der Waals surface area contributed by atoms with Crippen molar-refractivity contribution in [2.45, 2.75) is 6.42 Å². The highest BCUT2D eigenvalue weighted by molar-refractivity contribution is 5.97. The molecule has 21 heavy (non-hydrogen) atoms. The number of rotatable bonds is 6. The number of nitro groups is 1. The first-order valence-corrected chi connectivity index (χ1v) is 6.19.